The second-order valence-corrected chi connectivity index (χ2v) is 33.6. The molecule has 8 aliphatic rings. The van der Waals surface area contributed by atoms with E-state index in [1.165, 1.54) is 111 Å². The highest BCUT2D eigenvalue weighted by atomic mass is 35.5. The number of fused-ring (bicyclic) bond motifs is 4. The fourth-order valence-corrected chi connectivity index (χ4v) is 19.2. The molecular weight excluding hydrogens is 1550 g/mol. The Labute approximate surface area is 696 Å². The highest BCUT2D eigenvalue weighted by Gasteiger charge is 2.30. The van der Waals surface area contributed by atoms with Gasteiger partial charge in [-0.05, 0) is 213 Å². The van der Waals surface area contributed by atoms with Crippen LogP contribution in [0.2, 0.25) is 0 Å². The molecule has 1 saturated heterocycles. The van der Waals surface area contributed by atoms with E-state index in [0.29, 0.717) is 53.2 Å². The second-order valence-electron chi connectivity index (χ2n) is 30.2. The Hall–Kier alpha value is -9.17. The van der Waals surface area contributed by atoms with Gasteiger partial charge in [0, 0.05) is 137 Å². The van der Waals surface area contributed by atoms with E-state index in [9.17, 15) is 24.0 Å². The number of hydrogen-bond donors (Lipinski definition) is 10. The standard InChI is InChI=1S/C24H25N3OS.C23H24N4OS.C17H18N2OS.C10H8ClNO2.C7H11NO.C7H13NS.CH4O.ClH/c1-14-10-15(2)25-21(14)12-19-18-11-17(8-9-20(18)26-23(19)28)22-13-29-24(27-22)16-6-4-3-5-7-16;1-13-9-14(2)25-20(13)11-18-17-10-16(3-4-19(17)26-22(18)28)21-12-29-23(27-21)15-5-7-24-8-6-15;20-16-9-13-8-12(6-7-14(13)18-16)15-10-21-17(19-15)11-4-2-1-3-5-11;11-5-9(13)6-1-2-8-7(3-6)4-10(14)12-8;1-5-4-6(2)8-7(5)9-3;8-7(9)6-4-2-1-3-5-6;1-2;/h8-13,16,25H,3-7H2,1-2H3,(H,26,28);3-4,9-12,15,24-25H,5-8H2,1-2H3,(H,26,28);6-8,10-11H,1-5,9H2,(H,18,20);1-3H,4-5H2,(H,12,14);4,8H,1-3H3;6H,1-5H2,(H2,8,9);2H,1H3;1H/b19-12-;18-11-;;;;;;. The number of carbonyl (C=O) groups excluding carboxylic acids is 5. The number of Topliss-reactive ketones (excluding diaryl/α,β-unsaturated/α-hetero) is 1. The van der Waals surface area contributed by atoms with Crippen molar-refractivity contribution in [3.63, 3.8) is 0 Å². The Morgan fingerprint density at radius 3 is 1.30 bits per heavy atom. The first kappa shape index (κ1) is 85.7. The lowest BCUT2D eigenvalue weighted by molar-refractivity contribution is -0.115. The minimum Gasteiger partial charge on any atom is -0.482 e. The summed E-state index contributed by atoms with van der Waals surface area (Å²) in [5.41, 5.74) is 29.9. The molecule has 18 rings (SSSR count). The maximum absolute atomic E-state index is 12.6. The molecule has 11 N–H and O–H groups in total. The van der Waals surface area contributed by atoms with Crippen LogP contribution in [0.4, 0.5) is 22.7 Å². The lowest BCUT2D eigenvalue weighted by atomic mass is 9.89. The summed E-state index contributed by atoms with van der Waals surface area (Å²) < 4.78 is 5.01. The predicted molar refractivity (Wildman–Crippen MR) is 474 cm³/mol. The number of nitrogens with zero attached hydrogens (tertiary/aromatic N) is 3. The van der Waals surface area contributed by atoms with Crippen molar-refractivity contribution in [2.75, 3.05) is 54.5 Å². The Morgan fingerprint density at radius 2 is 0.912 bits per heavy atom. The van der Waals surface area contributed by atoms with Gasteiger partial charge in [0.05, 0.1) is 74.1 Å². The fourth-order valence-electron chi connectivity index (χ4n) is 15.8. The number of aromatic nitrogens is 6. The molecule has 4 amide bonds. The Kier molecular flexibility index (Phi) is 30.4. The molecule has 4 aromatic carbocycles. The molecule has 0 bridgehead atoms. The van der Waals surface area contributed by atoms with Crippen LogP contribution < -0.4 is 37.1 Å². The number of nitrogens with one attached hydrogen (secondary N) is 8. The van der Waals surface area contributed by atoms with Gasteiger partial charge >= 0.3 is 0 Å². The largest absolute Gasteiger partial charge is 0.482 e. The van der Waals surface area contributed by atoms with Gasteiger partial charge in [0.2, 0.25) is 11.8 Å². The summed E-state index contributed by atoms with van der Waals surface area (Å²) >= 11 is 15.6. The molecule has 10 aromatic rings. The van der Waals surface area contributed by atoms with Gasteiger partial charge in [-0.2, -0.15) is 0 Å². The molecule has 5 aliphatic heterocycles. The topological polar surface area (TPSA) is 287 Å². The lowest BCUT2D eigenvalue weighted by Crippen LogP contribution is -2.26. The van der Waals surface area contributed by atoms with Crippen molar-refractivity contribution in [3.8, 4) is 39.7 Å². The van der Waals surface area contributed by atoms with Crippen molar-refractivity contribution >= 4 is 151 Å². The summed E-state index contributed by atoms with van der Waals surface area (Å²) in [5, 5.41) is 32.2. The number of aryl methyl sites for hydroxylation is 6. The first-order chi connectivity index (χ1) is 54.7. The van der Waals surface area contributed by atoms with E-state index in [1.54, 1.807) is 59.3 Å². The van der Waals surface area contributed by atoms with Gasteiger partial charge in [0.25, 0.3) is 11.8 Å². The number of anilines is 4. The van der Waals surface area contributed by atoms with Crippen LogP contribution in [0.1, 0.15) is 220 Å². The number of hydrogen-bond acceptors (Lipinski definition) is 15. The molecular formula is C89H104Cl2N12O7S4. The number of halogens is 2. The zero-order chi connectivity index (χ0) is 79.8. The van der Waals surface area contributed by atoms with E-state index in [1.807, 2.05) is 64.1 Å². The van der Waals surface area contributed by atoms with Gasteiger partial charge in [0.15, 0.2) is 11.7 Å². The third-order valence-electron chi connectivity index (χ3n) is 21.8. The Bertz CT molecular complexity index is 4950. The molecule has 0 spiro atoms. The number of aliphatic hydroxyl groups excluding tert-OH is 1. The Balaban J connectivity index is 0.000000141. The summed E-state index contributed by atoms with van der Waals surface area (Å²) in [6.45, 7) is 14.3. The average molecular weight is 1650 g/mol. The molecule has 3 aliphatic carbocycles. The summed E-state index contributed by atoms with van der Waals surface area (Å²) in [6.07, 6.45) is 26.7. The van der Waals surface area contributed by atoms with Crippen LogP contribution in [0.5, 0.6) is 5.88 Å². The van der Waals surface area contributed by atoms with Gasteiger partial charge in [-0.1, -0.05) is 88.2 Å². The number of ether oxygens (including phenoxy) is 1. The number of aliphatic hydroxyl groups is 1. The lowest BCUT2D eigenvalue weighted by Gasteiger charge is -2.20. The van der Waals surface area contributed by atoms with Crippen LogP contribution >= 0.6 is 70.2 Å². The number of alkyl halides is 1. The highest BCUT2D eigenvalue weighted by Crippen LogP contribution is 2.43. The van der Waals surface area contributed by atoms with Crippen LogP contribution in [-0.4, -0.2) is 103 Å². The van der Waals surface area contributed by atoms with Crippen molar-refractivity contribution in [1.29, 1.82) is 0 Å². The monoisotopic (exact) mass is 1650 g/mol. The average Bonchev–Trinajstić information content (AvgIpc) is 1.63. The van der Waals surface area contributed by atoms with Gasteiger partial charge in [-0.3, -0.25) is 24.0 Å². The summed E-state index contributed by atoms with van der Waals surface area (Å²) in [5.74, 6) is 3.07. The van der Waals surface area contributed by atoms with Crippen molar-refractivity contribution in [3.05, 3.63) is 195 Å². The minimum atomic E-state index is -0.117. The van der Waals surface area contributed by atoms with Crippen LogP contribution in [-0.2, 0) is 32.0 Å². The number of thiocarbonyl (C=S) groups is 1. The van der Waals surface area contributed by atoms with Gasteiger partial charge in [0.1, 0.15) is 0 Å². The maximum Gasteiger partial charge on any atom is 0.256 e. The van der Waals surface area contributed by atoms with E-state index in [-0.39, 0.29) is 47.7 Å². The second kappa shape index (κ2) is 40.4. The molecule has 114 heavy (non-hydrogen) atoms. The van der Waals surface area contributed by atoms with E-state index < -0.39 is 0 Å². The highest BCUT2D eigenvalue weighted by molar-refractivity contribution is 7.80. The fraction of sp³-hybridized carbons (Fsp3) is 0.382. The van der Waals surface area contributed by atoms with E-state index in [0.717, 1.165) is 168 Å². The number of piperidine rings is 1. The van der Waals surface area contributed by atoms with Crippen LogP contribution in [0, 0.1) is 47.5 Å². The molecule has 6 aromatic heterocycles. The molecule has 0 unspecified atom stereocenters. The molecule has 600 valence electrons. The molecule has 0 atom stereocenters. The van der Waals surface area contributed by atoms with Gasteiger partial charge in [-0.15, -0.1) is 58.0 Å². The zero-order valence-electron chi connectivity index (χ0n) is 66.1. The zero-order valence-corrected chi connectivity index (χ0v) is 71.0. The van der Waals surface area contributed by atoms with Gasteiger partial charge in [-0.25, -0.2) is 15.0 Å². The number of methoxy groups -OCH3 is 1. The number of carbonyl (C=O) groups is 5. The SMILES string of the molecule is CO.COc1[nH]c(C)cc1C.Cc1cc(C)c(/C=C2\C(=O)Nc3ccc(-c4csc(C5CCCCC5)n4)cc32)[nH]1.Cc1cc(C)c(/C=C2\C(=O)Nc3ccc(-c4csc(C5CCNCC5)n4)cc32)[nH]1.Cl.NC(=S)C1CCCCC1.O=C1Cc2cc(-c3csc(C4CCCCC4)n3)ccc2N1.O=C1Cc2cc(C(=O)CCl)ccc2N1. The number of nitrogens with two attached hydrogens (primary N) is 1. The first-order valence-electron chi connectivity index (χ1n) is 39.4. The van der Waals surface area contributed by atoms with Crippen LogP contribution in [0.25, 0.3) is 57.1 Å². The molecule has 11 heterocycles. The number of ketones is 1. The summed E-state index contributed by atoms with van der Waals surface area (Å²) in [7, 11) is 2.66. The normalized spacial score (nSPS) is 16.9. The third kappa shape index (κ3) is 21.7. The van der Waals surface area contributed by atoms with Crippen molar-refractivity contribution < 1.29 is 33.8 Å². The van der Waals surface area contributed by atoms with Gasteiger partial charge < -0.3 is 57.1 Å². The quantitative estimate of drug-likeness (QED) is 0.0236. The molecule has 3 saturated carbocycles. The number of H-pyrrole nitrogens is 3. The molecule has 25 heteroatoms. The number of amides is 4. The maximum atomic E-state index is 12.6. The van der Waals surface area contributed by atoms with Crippen molar-refractivity contribution in [2.24, 2.45) is 11.7 Å². The summed E-state index contributed by atoms with van der Waals surface area (Å²) in [6, 6.07) is 29.8. The summed E-state index contributed by atoms with van der Waals surface area (Å²) in [4.78, 5) is 84.2. The smallest absolute Gasteiger partial charge is 0.256 e. The molecule has 4 fully saturated rings. The first-order valence-corrected chi connectivity index (χ1v) is 42.9. The molecule has 0 radical (unpaired) electrons. The van der Waals surface area contributed by atoms with E-state index in [2.05, 4.69) is 120 Å². The molecule has 19 nitrogen and oxygen atoms in total. The van der Waals surface area contributed by atoms with Crippen LogP contribution in [0.3, 0.4) is 0 Å². The minimum absolute atomic E-state index is 0. The Morgan fingerprint density at radius 1 is 0.518 bits per heavy atom. The number of thiazole rings is 3. The van der Waals surface area contributed by atoms with Crippen molar-refractivity contribution in [2.45, 2.75) is 181 Å². The number of aromatic amines is 3. The van der Waals surface area contributed by atoms with E-state index in [4.69, 9.17) is 54.3 Å². The third-order valence-corrected chi connectivity index (χ3v) is 25.4. The predicted octanol–water partition coefficient (Wildman–Crippen LogP) is 20.5. The van der Waals surface area contributed by atoms with E-state index >= 15 is 0 Å². The van der Waals surface area contributed by atoms with Crippen LogP contribution in [0.15, 0.2) is 107 Å². The number of rotatable bonds is 12. The number of benzene rings is 4. The van der Waals surface area contributed by atoms with Crippen molar-refractivity contribution in [1.82, 2.24) is 35.2 Å².